The standard InChI is InChI=1S/C20H32N4O3/c1-15-16(2)24(17-7-5-6-8-17)20(18(15)13-21)22-19(25)14-23(9-11-26-3)10-12-27-4/h17H,5-12,14H2,1-4H3,(H,22,25). The monoisotopic (exact) mass is 376 g/mol. The first-order chi connectivity index (χ1) is 13.0. The molecule has 1 N–H and O–H groups in total. The SMILES string of the molecule is COCCN(CCOC)CC(=O)Nc1c(C#N)c(C)c(C)n1C1CCCC1. The maximum Gasteiger partial charge on any atom is 0.239 e. The molecule has 27 heavy (non-hydrogen) atoms. The number of carbonyl (C=O) groups is 1. The fourth-order valence-corrected chi connectivity index (χ4v) is 3.79. The number of nitriles is 1. The van der Waals surface area contributed by atoms with Gasteiger partial charge in [0.15, 0.2) is 0 Å². The van der Waals surface area contributed by atoms with Crippen molar-refractivity contribution >= 4 is 11.7 Å². The molecule has 1 aromatic rings. The summed E-state index contributed by atoms with van der Waals surface area (Å²) >= 11 is 0. The molecule has 2 rings (SSSR count). The number of methoxy groups -OCH3 is 2. The van der Waals surface area contributed by atoms with Crippen molar-refractivity contribution in [2.75, 3.05) is 52.4 Å². The van der Waals surface area contributed by atoms with Gasteiger partial charge in [-0.05, 0) is 32.3 Å². The lowest BCUT2D eigenvalue weighted by Gasteiger charge is -2.23. The predicted molar refractivity (Wildman–Crippen MR) is 105 cm³/mol. The van der Waals surface area contributed by atoms with Gasteiger partial charge in [-0.25, -0.2) is 0 Å². The fourth-order valence-electron chi connectivity index (χ4n) is 3.79. The summed E-state index contributed by atoms with van der Waals surface area (Å²) in [6.45, 7) is 6.64. The highest BCUT2D eigenvalue weighted by molar-refractivity contribution is 5.93. The molecule has 1 aliphatic rings. The minimum absolute atomic E-state index is 0.115. The van der Waals surface area contributed by atoms with Crippen LogP contribution < -0.4 is 5.32 Å². The molecule has 1 saturated carbocycles. The summed E-state index contributed by atoms with van der Waals surface area (Å²) in [7, 11) is 3.29. The highest BCUT2D eigenvalue weighted by Gasteiger charge is 2.27. The van der Waals surface area contributed by atoms with Crippen LogP contribution in [0.1, 0.15) is 48.5 Å². The Morgan fingerprint density at radius 3 is 2.33 bits per heavy atom. The zero-order valence-corrected chi connectivity index (χ0v) is 17.0. The van der Waals surface area contributed by atoms with Crippen molar-refractivity contribution in [2.24, 2.45) is 0 Å². The summed E-state index contributed by atoms with van der Waals surface area (Å²) in [4.78, 5) is 14.7. The molecule has 150 valence electrons. The molecule has 7 heteroatoms. The molecular formula is C20H32N4O3. The first kappa shape index (κ1) is 21.4. The quantitative estimate of drug-likeness (QED) is 0.679. The molecule has 0 atom stereocenters. The van der Waals surface area contributed by atoms with E-state index in [2.05, 4.69) is 16.0 Å². The van der Waals surface area contributed by atoms with Crippen molar-refractivity contribution in [3.05, 3.63) is 16.8 Å². The molecule has 0 aliphatic heterocycles. The summed E-state index contributed by atoms with van der Waals surface area (Å²) in [6.07, 6.45) is 4.57. The van der Waals surface area contributed by atoms with Crippen molar-refractivity contribution in [3.8, 4) is 6.07 Å². The predicted octanol–water partition coefficient (Wildman–Crippen LogP) is 2.63. The molecule has 1 aliphatic carbocycles. The molecule has 0 bridgehead atoms. The van der Waals surface area contributed by atoms with Crippen molar-refractivity contribution in [1.82, 2.24) is 9.47 Å². The number of carbonyl (C=O) groups excluding carboxylic acids is 1. The lowest BCUT2D eigenvalue weighted by molar-refractivity contribution is -0.117. The molecule has 7 nitrogen and oxygen atoms in total. The van der Waals surface area contributed by atoms with Crippen LogP contribution in [-0.2, 0) is 14.3 Å². The van der Waals surface area contributed by atoms with Crippen LogP contribution in [0.2, 0.25) is 0 Å². The van der Waals surface area contributed by atoms with Crippen LogP contribution in [0.5, 0.6) is 0 Å². The van der Waals surface area contributed by atoms with Gasteiger partial charge in [0.25, 0.3) is 0 Å². The molecule has 1 fully saturated rings. The van der Waals surface area contributed by atoms with E-state index in [1.807, 2.05) is 18.7 Å². The third-order valence-corrected chi connectivity index (χ3v) is 5.41. The number of anilines is 1. The number of ether oxygens (including phenoxy) is 2. The van der Waals surface area contributed by atoms with Crippen molar-refractivity contribution < 1.29 is 14.3 Å². The molecule has 0 aromatic carbocycles. The Morgan fingerprint density at radius 1 is 1.22 bits per heavy atom. The van der Waals surface area contributed by atoms with E-state index >= 15 is 0 Å². The van der Waals surface area contributed by atoms with E-state index in [1.54, 1.807) is 14.2 Å². The average molecular weight is 377 g/mol. The number of nitrogens with zero attached hydrogens (tertiary/aromatic N) is 3. The van der Waals surface area contributed by atoms with E-state index in [0.717, 1.165) is 24.1 Å². The molecule has 1 heterocycles. The van der Waals surface area contributed by atoms with Gasteiger partial charge in [0.1, 0.15) is 11.9 Å². The second kappa shape index (κ2) is 10.5. The Kier molecular flexibility index (Phi) is 8.29. The van der Waals surface area contributed by atoms with Crippen molar-refractivity contribution in [3.63, 3.8) is 0 Å². The van der Waals surface area contributed by atoms with Gasteiger partial charge in [0, 0.05) is 39.0 Å². The lowest BCUT2D eigenvalue weighted by Crippen LogP contribution is -2.38. The summed E-state index contributed by atoms with van der Waals surface area (Å²) in [5, 5.41) is 12.7. The fraction of sp³-hybridized carbons (Fsp3) is 0.700. The summed E-state index contributed by atoms with van der Waals surface area (Å²) in [5.74, 6) is 0.540. The topological polar surface area (TPSA) is 79.5 Å². The molecule has 0 spiro atoms. The highest BCUT2D eigenvalue weighted by atomic mass is 16.5. The summed E-state index contributed by atoms with van der Waals surface area (Å²) in [5.41, 5.74) is 2.60. The van der Waals surface area contributed by atoms with Gasteiger partial charge in [-0.1, -0.05) is 12.8 Å². The first-order valence-electron chi connectivity index (χ1n) is 9.65. The number of hydrogen-bond acceptors (Lipinski definition) is 5. The Bertz CT molecular complexity index is 664. The average Bonchev–Trinajstić information content (AvgIpc) is 3.25. The smallest absolute Gasteiger partial charge is 0.239 e. The number of nitrogens with one attached hydrogen (secondary N) is 1. The van der Waals surface area contributed by atoms with Gasteiger partial charge >= 0.3 is 0 Å². The zero-order chi connectivity index (χ0) is 19.8. The second-order valence-electron chi connectivity index (χ2n) is 7.16. The minimum Gasteiger partial charge on any atom is -0.383 e. The van der Waals surface area contributed by atoms with E-state index in [-0.39, 0.29) is 12.5 Å². The van der Waals surface area contributed by atoms with Crippen LogP contribution in [0.4, 0.5) is 5.82 Å². The Labute approximate surface area is 162 Å². The Morgan fingerprint density at radius 2 is 1.81 bits per heavy atom. The van der Waals surface area contributed by atoms with Crippen LogP contribution in [0.3, 0.4) is 0 Å². The van der Waals surface area contributed by atoms with E-state index in [4.69, 9.17) is 9.47 Å². The van der Waals surface area contributed by atoms with Gasteiger partial charge in [0.05, 0.1) is 25.3 Å². The van der Waals surface area contributed by atoms with Crippen LogP contribution in [-0.4, -0.2) is 62.4 Å². The Hall–Kier alpha value is -1.88. The van der Waals surface area contributed by atoms with Gasteiger partial charge in [0.2, 0.25) is 5.91 Å². The largest absolute Gasteiger partial charge is 0.383 e. The molecule has 0 radical (unpaired) electrons. The van der Waals surface area contributed by atoms with Crippen LogP contribution >= 0.6 is 0 Å². The number of amides is 1. The maximum absolute atomic E-state index is 12.7. The summed E-state index contributed by atoms with van der Waals surface area (Å²) in [6, 6.07) is 2.65. The molecular weight excluding hydrogens is 344 g/mol. The van der Waals surface area contributed by atoms with Gasteiger partial charge in [-0.2, -0.15) is 5.26 Å². The van der Waals surface area contributed by atoms with Gasteiger partial charge < -0.3 is 19.4 Å². The van der Waals surface area contributed by atoms with Crippen LogP contribution in [0.25, 0.3) is 0 Å². The molecule has 0 unspecified atom stereocenters. The summed E-state index contributed by atoms with van der Waals surface area (Å²) < 4.78 is 12.4. The number of hydrogen-bond donors (Lipinski definition) is 1. The minimum atomic E-state index is -0.115. The van der Waals surface area contributed by atoms with Crippen LogP contribution in [0, 0.1) is 25.2 Å². The normalized spacial score (nSPS) is 14.7. The highest BCUT2D eigenvalue weighted by Crippen LogP contribution is 2.37. The molecule has 1 aromatic heterocycles. The van der Waals surface area contributed by atoms with E-state index in [0.29, 0.717) is 43.7 Å². The van der Waals surface area contributed by atoms with E-state index in [1.165, 1.54) is 12.8 Å². The Balaban J connectivity index is 2.18. The molecule has 1 amide bonds. The maximum atomic E-state index is 12.7. The number of rotatable bonds is 10. The van der Waals surface area contributed by atoms with Gasteiger partial charge in [-0.15, -0.1) is 0 Å². The number of aromatic nitrogens is 1. The first-order valence-corrected chi connectivity index (χ1v) is 9.65. The van der Waals surface area contributed by atoms with E-state index in [9.17, 15) is 10.1 Å². The zero-order valence-electron chi connectivity index (χ0n) is 17.0. The van der Waals surface area contributed by atoms with Gasteiger partial charge in [-0.3, -0.25) is 9.69 Å². The second-order valence-corrected chi connectivity index (χ2v) is 7.16. The van der Waals surface area contributed by atoms with E-state index < -0.39 is 0 Å². The van der Waals surface area contributed by atoms with Crippen LogP contribution in [0.15, 0.2) is 0 Å². The third-order valence-electron chi connectivity index (χ3n) is 5.41. The third kappa shape index (κ3) is 5.32. The van der Waals surface area contributed by atoms with Crippen molar-refractivity contribution in [2.45, 2.75) is 45.6 Å². The van der Waals surface area contributed by atoms with Crippen molar-refractivity contribution in [1.29, 1.82) is 5.26 Å². The lowest BCUT2D eigenvalue weighted by atomic mass is 10.2. The molecule has 0 saturated heterocycles.